The van der Waals surface area contributed by atoms with Crippen LogP contribution in [0.2, 0.25) is 0 Å². The number of hydrogen-bond acceptors (Lipinski definition) is 4. The van der Waals surface area contributed by atoms with E-state index in [-0.39, 0.29) is 17.2 Å². The molecule has 30 heavy (non-hydrogen) atoms. The number of rotatable bonds is 4. The van der Waals surface area contributed by atoms with Crippen LogP contribution in [0.1, 0.15) is 23.2 Å². The van der Waals surface area contributed by atoms with Crippen LogP contribution in [-0.4, -0.2) is 30.0 Å². The Morgan fingerprint density at radius 2 is 2.00 bits per heavy atom. The molecule has 1 atom stereocenters. The zero-order valence-corrected chi connectivity index (χ0v) is 16.3. The van der Waals surface area contributed by atoms with Gasteiger partial charge in [0.1, 0.15) is 11.6 Å². The molecule has 1 aromatic heterocycles. The summed E-state index contributed by atoms with van der Waals surface area (Å²) in [5.41, 5.74) is 7.79. The number of hydrogen-bond donors (Lipinski definition) is 2. The van der Waals surface area contributed by atoms with Gasteiger partial charge in [-0.3, -0.25) is 9.78 Å². The van der Waals surface area contributed by atoms with Crippen molar-refractivity contribution < 1.29 is 13.6 Å². The molecule has 0 saturated carbocycles. The monoisotopic (exact) mass is 408 g/mol. The summed E-state index contributed by atoms with van der Waals surface area (Å²) in [6.45, 7) is 1.50. The Bertz CT molecular complexity index is 1070. The van der Waals surface area contributed by atoms with Gasteiger partial charge in [-0.2, -0.15) is 0 Å². The Labute approximate surface area is 173 Å². The molecule has 1 saturated heterocycles. The van der Waals surface area contributed by atoms with E-state index in [4.69, 9.17) is 5.73 Å². The molecule has 1 aliphatic heterocycles. The van der Waals surface area contributed by atoms with Gasteiger partial charge >= 0.3 is 0 Å². The van der Waals surface area contributed by atoms with Crippen molar-refractivity contribution in [1.29, 1.82) is 0 Å². The minimum atomic E-state index is -0.703. The molecule has 0 radical (unpaired) electrons. The van der Waals surface area contributed by atoms with E-state index in [1.807, 2.05) is 6.07 Å². The number of nitrogens with two attached hydrogens (primary N) is 1. The maximum atomic E-state index is 15.1. The second kappa shape index (κ2) is 8.59. The first-order chi connectivity index (χ1) is 14.5. The number of pyridine rings is 1. The number of nitrogens with one attached hydrogen (secondary N) is 1. The van der Waals surface area contributed by atoms with E-state index >= 15 is 4.39 Å². The SMILES string of the molecule is N[C@H]1CCCN(c2ccncc2NC(=O)c2cccc(-c3cccc(F)c3)c2F)C1. The summed E-state index contributed by atoms with van der Waals surface area (Å²) in [6.07, 6.45) is 5.11. The number of carbonyl (C=O) groups excluding carboxylic acids is 1. The number of carbonyl (C=O) groups is 1. The zero-order chi connectivity index (χ0) is 21.1. The zero-order valence-electron chi connectivity index (χ0n) is 16.3. The van der Waals surface area contributed by atoms with Crippen molar-refractivity contribution in [3.8, 4) is 11.1 Å². The van der Waals surface area contributed by atoms with Crippen LogP contribution >= 0.6 is 0 Å². The van der Waals surface area contributed by atoms with Crippen LogP contribution in [-0.2, 0) is 0 Å². The van der Waals surface area contributed by atoms with Crippen LogP contribution in [0.5, 0.6) is 0 Å². The number of aromatic nitrogens is 1. The molecular weight excluding hydrogens is 386 g/mol. The lowest BCUT2D eigenvalue weighted by molar-refractivity contribution is 0.102. The van der Waals surface area contributed by atoms with Gasteiger partial charge in [0.15, 0.2) is 0 Å². The third kappa shape index (κ3) is 4.16. The summed E-state index contributed by atoms with van der Waals surface area (Å²) in [6, 6.07) is 12.0. The van der Waals surface area contributed by atoms with Gasteiger partial charge in [0, 0.05) is 30.9 Å². The molecular formula is C23H22F2N4O. The van der Waals surface area contributed by atoms with Crippen molar-refractivity contribution in [2.24, 2.45) is 5.73 Å². The normalized spacial score (nSPS) is 16.4. The van der Waals surface area contributed by atoms with E-state index in [0.29, 0.717) is 17.8 Å². The Balaban J connectivity index is 1.62. The van der Waals surface area contributed by atoms with E-state index in [1.165, 1.54) is 30.3 Å². The summed E-state index contributed by atoms with van der Waals surface area (Å²) >= 11 is 0. The molecule has 0 bridgehead atoms. The molecule has 1 aliphatic rings. The highest BCUT2D eigenvalue weighted by atomic mass is 19.1. The number of nitrogens with zero attached hydrogens (tertiary/aromatic N) is 2. The summed E-state index contributed by atoms with van der Waals surface area (Å²) < 4.78 is 28.7. The second-order valence-corrected chi connectivity index (χ2v) is 7.37. The molecule has 0 aliphatic carbocycles. The topological polar surface area (TPSA) is 71.2 Å². The fourth-order valence-electron chi connectivity index (χ4n) is 3.76. The third-order valence-corrected chi connectivity index (χ3v) is 5.22. The highest BCUT2D eigenvalue weighted by Gasteiger charge is 2.22. The van der Waals surface area contributed by atoms with Crippen LogP contribution < -0.4 is 16.0 Å². The first-order valence-electron chi connectivity index (χ1n) is 9.83. The number of piperidine rings is 1. The molecule has 7 heteroatoms. The minimum absolute atomic E-state index is 0.0656. The molecule has 5 nitrogen and oxygen atoms in total. The number of amides is 1. The maximum absolute atomic E-state index is 15.1. The molecule has 3 aromatic rings. The Morgan fingerprint density at radius 3 is 2.80 bits per heavy atom. The smallest absolute Gasteiger partial charge is 0.258 e. The van der Waals surface area contributed by atoms with Gasteiger partial charge in [0.05, 0.1) is 23.1 Å². The molecule has 2 heterocycles. The van der Waals surface area contributed by atoms with Gasteiger partial charge in [0.25, 0.3) is 5.91 Å². The highest BCUT2D eigenvalue weighted by Crippen LogP contribution is 2.29. The lowest BCUT2D eigenvalue weighted by atomic mass is 10.0. The highest BCUT2D eigenvalue weighted by molar-refractivity contribution is 6.06. The summed E-state index contributed by atoms with van der Waals surface area (Å²) in [5, 5.41) is 2.77. The predicted molar refractivity (Wildman–Crippen MR) is 113 cm³/mol. The molecule has 1 amide bonds. The Morgan fingerprint density at radius 1 is 1.17 bits per heavy atom. The van der Waals surface area contributed by atoms with E-state index in [0.717, 1.165) is 25.1 Å². The van der Waals surface area contributed by atoms with Crippen molar-refractivity contribution in [2.75, 3.05) is 23.3 Å². The first kappa shape index (κ1) is 20.0. The molecule has 4 rings (SSSR count). The molecule has 3 N–H and O–H groups in total. The third-order valence-electron chi connectivity index (χ3n) is 5.22. The molecule has 154 valence electrons. The van der Waals surface area contributed by atoms with Gasteiger partial charge in [-0.05, 0) is 42.7 Å². The number of anilines is 2. The van der Waals surface area contributed by atoms with Crippen LogP contribution in [0, 0.1) is 11.6 Å². The maximum Gasteiger partial charge on any atom is 0.258 e. The van der Waals surface area contributed by atoms with Gasteiger partial charge in [-0.1, -0.05) is 24.3 Å². The molecule has 0 spiro atoms. The lowest BCUT2D eigenvalue weighted by Crippen LogP contribution is -2.43. The average Bonchev–Trinajstić information content (AvgIpc) is 2.74. The lowest BCUT2D eigenvalue weighted by Gasteiger charge is -2.33. The van der Waals surface area contributed by atoms with Gasteiger partial charge in [0.2, 0.25) is 0 Å². The van der Waals surface area contributed by atoms with E-state index in [1.54, 1.807) is 24.5 Å². The quantitative estimate of drug-likeness (QED) is 0.679. The Hall–Kier alpha value is -3.32. The number of halogens is 2. The summed E-state index contributed by atoms with van der Waals surface area (Å²) in [4.78, 5) is 19.1. The van der Waals surface area contributed by atoms with Crippen LogP contribution in [0.15, 0.2) is 60.9 Å². The molecule has 1 fully saturated rings. The van der Waals surface area contributed by atoms with Crippen LogP contribution in [0.4, 0.5) is 20.2 Å². The van der Waals surface area contributed by atoms with Crippen molar-refractivity contribution in [2.45, 2.75) is 18.9 Å². The summed E-state index contributed by atoms with van der Waals surface area (Å²) in [7, 11) is 0. The summed E-state index contributed by atoms with van der Waals surface area (Å²) in [5.74, 6) is -1.77. The van der Waals surface area contributed by atoms with E-state index in [2.05, 4.69) is 15.2 Å². The van der Waals surface area contributed by atoms with Gasteiger partial charge in [-0.15, -0.1) is 0 Å². The van der Waals surface area contributed by atoms with Crippen molar-refractivity contribution in [1.82, 2.24) is 4.98 Å². The van der Waals surface area contributed by atoms with Crippen molar-refractivity contribution >= 4 is 17.3 Å². The molecule has 0 unspecified atom stereocenters. The predicted octanol–water partition coefficient (Wildman–Crippen LogP) is 4.21. The first-order valence-corrected chi connectivity index (χ1v) is 9.83. The van der Waals surface area contributed by atoms with Gasteiger partial charge < -0.3 is 16.0 Å². The standard InChI is InChI=1S/C23H22F2N4O/c24-16-5-1-4-15(12-16)18-7-2-8-19(22(18)25)23(30)28-20-13-27-10-9-21(20)29-11-3-6-17(26)14-29/h1-2,4-5,7-10,12-13,17H,3,6,11,14,26H2,(H,28,30)/t17-/m0/s1. The molecule has 2 aromatic carbocycles. The van der Waals surface area contributed by atoms with Crippen molar-refractivity contribution in [3.05, 3.63) is 78.1 Å². The fourth-order valence-corrected chi connectivity index (χ4v) is 3.76. The van der Waals surface area contributed by atoms with Crippen molar-refractivity contribution in [3.63, 3.8) is 0 Å². The average molecular weight is 408 g/mol. The fraction of sp³-hybridized carbons (Fsp3) is 0.217. The van der Waals surface area contributed by atoms with Crippen LogP contribution in [0.25, 0.3) is 11.1 Å². The minimum Gasteiger partial charge on any atom is -0.368 e. The largest absolute Gasteiger partial charge is 0.368 e. The van der Waals surface area contributed by atoms with Crippen LogP contribution in [0.3, 0.4) is 0 Å². The second-order valence-electron chi connectivity index (χ2n) is 7.37. The van der Waals surface area contributed by atoms with Gasteiger partial charge in [-0.25, -0.2) is 8.78 Å². The van der Waals surface area contributed by atoms with E-state index < -0.39 is 17.5 Å². The van der Waals surface area contributed by atoms with E-state index in [9.17, 15) is 9.18 Å². The Kier molecular flexibility index (Phi) is 5.72. The number of benzene rings is 2.